The molecule has 1 fully saturated rings. The van der Waals surface area contributed by atoms with Gasteiger partial charge in [0, 0.05) is 11.1 Å². The maximum atomic E-state index is 13.0. The Labute approximate surface area is 193 Å². The highest BCUT2D eigenvalue weighted by molar-refractivity contribution is 14.1. The van der Waals surface area contributed by atoms with Crippen LogP contribution in [-0.2, 0) is 19.1 Å². The van der Waals surface area contributed by atoms with Crippen LogP contribution >= 0.6 is 57.2 Å². The summed E-state index contributed by atoms with van der Waals surface area (Å²) in [5.74, 6) is -1.72. The average molecular weight is 626 g/mol. The highest BCUT2D eigenvalue weighted by Crippen LogP contribution is 2.36. The van der Waals surface area contributed by atoms with E-state index in [4.69, 9.17) is 8.80 Å². The third-order valence-electron chi connectivity index (χ3n) is 4.53. The van der Waals surface area contributed by atoms with E-state index in [1.165, 1.54) is 37.5 Å². The smallest absolute Gasteiger partial charge is 0.339 e. The van der Waals surface area contributed by atoms with Crippen molar-refractivity contribution in [2.24, 2.45) is 5.92 Å². The lowest BCUT2D eigenvalue weighted by Crippen LogP contribution is -2.68. The maximum Gasteiger partial charge on any atom is 0.339 e. The fourth-order valence-corrected chi connectivity index (χ4v) is 4.60. The highest BCUT2D eigenvalue weighted by Gasteiger charge is 2.56. The molecule has 2 N–H and O–H groups in total. The monoisotopic (exact) mass is 626 g/mol. The Bertz CT molecular complexity index is 894. The Balaban J connectivity index is 1.78. The van der Waals surface area contributed by atoms with Crippen LogP contribution in [0, 0.1) is 5.92 Å². The number of hydrogen-bond acceptors (Lipinski definition) is 7. The molecule has 0 radical (unpaired) electrons. The molecule has 0 aliphatic carbocycles. The Hall–Kier alpha value is -1.48. The van der Waals surface area contributed by atoms with E-state index in [1.807, 2.05) is 60.1 Å². The Kier molecular flexibility index (Phi) is 6.75. The number of benzene rings is 1. The van der Waals surface area contributed by atoms with E-state index in [-0.39, 0.29) is 12.5 Å². The summed E-state index contributed by atoms with van der Waals surface area (Å²) >= 11 is 4.59. The van der Waals surface area contributed by atoms with Gasteiger partial charge in [0.05, 0.1) is 34.8 Å². The summed E-state index contributed by atoms with van der Waals surface area (Å²) < 4.78 is 6.22. The number of nitrogens with two attached hydrogens (primary N) is 1. The first kappa shape index (κ1) is 21.2. The lowest BCUT2D eigenvalue weighted by molar-refractivity contribution is -0.162. The summed E-state index contributed by atoms with van der Waals surface area (Å²) in [7, 11) is 0. The molecule has 1 aromatic carbocycles. The molecule has 11 heteroatoms. The molecule has 0 saturated carbocycles. The van der Waals surface area contributed by atoms with E-state index in [9.17, 15) is 14.4 Å². The standard InChI is InChI=1S/C17H16I2N4O4S/c1-9(10-5-3-2-4-6-10)23(18)17(26)22-13(15(25)27-19)12(14(22)24)7-11-8-21-16(20)28-11/h2-6,8-9,12-13H,7H2,1H3,(H2,20,21)/t9?,12-,13?/m1/s1. The fourth-order valence-electron chi connectivity index (χ4n) is 3.04. The van der Waals surface area contributed by atoms with Crippen LogP contribution in [0.1, 0.15) is 23.4 Å². The first-order chi connectivity index (χ1) is 13.3. The summed E-state index contributed by atoms with van der Waals surface area (Å²) in [6.45, 7) is 1.85. The number of rotatable bonds is 5. The zero-order valence-electron chi connectivity index (χ0n) is 14.6. The summed E-state index contributed by atoms with van der Waals surface area (Å²) in [4.78, 5) is 43.7. The molecule has 1 aliphatic heterocycles. The molecule has 3 rings (SSSR count). The van der Waals surface area contributed by atoms with Gasteiger partial charge in [0.2, 0.25) is 5.91 Å². The van der Waals surface area contributed by atoms with E-state index in [1.54, 1.807) is 6.20 Å². The van der Waals surface area contributed by atoms with Gasteiger partial charge in [0.15, 0.2) is 34.2 Å². The Morgan fingerprint density at radius 2 is 2.07 bits per heavy atom. The van der Waals surface area contributed by atoms with Gasteiger partial charge in [0.25, 0.3) is 0 Å². The van der Waals surface area contributed by atoms with Crippen LogP contribution < -0.4 is 5.73 Å². The van der Waals surface area contributed by atoms with E-state index in [2.05, 4.69) is 4.98 Å². The molecular formula is C17H16I2N4O4S. The number of hydrogen-bond donors (Lipinski definition) is 1. The maximum absolute atomic E-state index is 13.0. The van der Waals surface area contributed by atoms with Crippen molar-refractivity contribution in [3.63, 3.8) is 0 Å². The number of likely N-dealkylation sites (tertiary alicyclic amines) is 1. The molecule has 0 spiro atoms. The van der Waals surface area contributed by atoms with Gasteiger partial charge in [-0.05, 0) is 18.9 Å². The van der Waals surface area contributed by atoms with Gasteiger partial charge in [-0.2, -0.15) is 0 Å². The molecule has 8 nitrogen and oxygen atoms in total. The third kappa shape index (κ3) is 4.10. The van der Waals surface area contributed by atoms with Crippen LogP contribution in [0.25, 0.3) is 0 Å². The van der Waals surface area contributed by atoms with Crippen molar-refractivity contribution in [2.75, 3.05) is 5.73 Å². The van der Waals surface area contributed by atoms with E-state index < -0.39 is 29.9 Å². The van der Waals surface area contributed by atoms with Crippen molar-refractivity contribution in [1.29, 1.82) is 0 Å². The van der Waals surface area contributed by atoms with Crippen LogP contribution in [0.2, 0.25) is 0 Å². The second-order valence-electron chi connectivity index (χ2n) is 6.21. The Morgan fingerprint density at radius 3 is 2.64 bits per heavy atom. The van der Waals surface area contributed by atoms with Crippen molar-refractivity contribution in [2.45, 2.75) is 25.4 Å². The number of amides is 3. The van der Waals surface area contributed by atoms with Crippen molar-refractivity contribution in [3.05, 3.63) is 47.0 Å². The number of halogens is 2. The number of aromatic nitrogens is 1. The minimum Gasteiger partial charge on any atom is -0.393 e. The number of imide groups is 1. The first-order valence-electron chi connectivity index (χ1n) is 8.24. The second kappa shape index (κ2) is 8.90. The van der Waals surface area contributed by atoms with Gasteiger partial charge in [-0.25, -0.2) is 19.5 Å². The number of nitrogen functional groups attached to an aromatic ring is 1. The number of nitrogens with zero attached hydrogens (tertiary/aromatic N) is 3. The zero-order valence-corrected chi connectivity index (χ0v) is 19.8. The number of thiazole rings is 1. The van der Waals surface area contributed by atoms with E-state index in [0.29, 0.717) is 5.13 Å². The number of β-lactam (4-membered cyclic amide) rings is 1. The fraction of sp³-hybridized carbons (Fsp3) is 0.294. The Morgan fingerprint density at radius 1 is 1.39 bits per heavy atom. The quantitative estimate of drug-likeness (QED) is 0.310. The third-order valence-corrected chi connectivity index (χ3v) is 7.07. The SMILES string of the molecule is CC(c1ccccc1)N(I)C(=O)N1C(=O)[C@H](Cc2cnc(N)s2)C1C(=O)OI. The molecule has 0 bridgehead atoms. The predicted molar refractivity (Wildman–Crippen MR) is 121 cm³/mol. The van der Waals surface area contributed by atoms with Gasteiger partial charge in [-0.3, -0.25) is 7.91 Å². The number of carbonyl (C=O) groups excluding carboxylic acids is 3. The molecule has 1 saturated heterocycles. The number of carbonyl (C=O) groups is 3. The largest absolute Gasteiger partial charge is 0.393 e. The van der Waals surface area contributed by atoms with Crippen molar-refractivity contribution in [1.82, 2.24) is 13.0 Å². The van der Waals surface area contributed by atoms with E-state index in [0.717, 1.165) is 15.3 Å². The zero-order chi connectivity index (χ0) is 20.4. The number of anilines is 1. The average Bonchev–Trinajstić information content (AvgIpc) is 3.13. The molecule has 3 amide bonds. The molecule has 148 valence electrons. The highest BCUT2D eigenvalue weighted by atomic mass is 127. The van der Waals surface area contributed by atoms with Crippen LogP contribution in [0.5, 0.6) is 0 Å². The molecule has 1 aliphatic rings. The van der Waals surface area contributed by atoms with E-state index >= 15 is 0 Å². The minimum atomic E-state index is -0.972. The van der Waals surface area contributed by atoms with Gasteiger partial charge in [0.1, 0.15) is 0 Å². The predicted octanol–water partition coefficient (Wildman–Crippen LogP) is 3.52. The molecular weight excluding hydrogens is 610 g/mol. The van der Waals surface area contributed by atoms with Crippen LogP contribution in [0.3, 0.4) is 0 Å². The molecule has 1 aromatic heterocycles. The molecule has 2 heterocycles. The van der Waals surface area contributed by atoms with Gasteiger partial charge in [-0.1, -0.05) is 30.3 Å². The summed E-state index contributed by atoms with van der Waals surface area (Å²) in [6.07, 6.45) is 1.86. The summed E-state index contributed by atoms with van der Waals surface area (Å²) in [5.41, 5.74) is 6.55. The lowest BCUT2D eigenvalue weighted by Gasteiger charge is -2.44. The second-order valence-corrected chi connectivity index (χ2v) is 8.83. The first-order valence-corrected chi connectivity index (χ1v) is 10.9. The summed E-state index contributed by atoms with van der Waals surface area (Å²) in [6, 6.07) is 7.64. The molecule has 3 atom stereocenters. The van der Waals surface area contributed by atoms with Gasteiger partial charge in [-0.15, -0.1) is 11.3 Å². The van der Waals surface area contributed by atoms with Crippen molar-refractivity contribution >= 4 is 80.2 Å². The van der Waals surface area contributed by atoms with Crippen LogP contribution in [0.4, 0.5) is 9.93 Å². The minimum absolute atomic E-state index is 0.279. The van der Waals surface area contributed by atoms with Crippen LogP contribution in [0.15, 0.2) is 36.5 Å². The van der Waals surface area contributed by atoms with Gasteiger partial charge >= 0.3 is 12.0 Å². The summed E-state index contributed by atoms with van der Waals surface area (Å²) in [5, 5.41) is 0.387. The molecule has 2 unspecified atom stereocenters. The topological polar surface area (TPSA) is 106 Å². The number of urea groups is 1. The normalized spacial score (nSPS) is 19.7. The molecule has 2 aromatic rings. The van der Waals surface area contributed by atoms with Crippen LogP contribution in [-0.4, -0.2) is 36.9 Å². The van der Waals surface area contributed by atoms with Gasteiger partial charge < -0.3 is 8.80 Å². The molecule has 28 heavy (non-hydrogen) atoms. The van der Waals surface area contributed by atoms with Crippen molar-refractivity contribution in [3.8, 4) is 0 Å². The van der Waals surface area contributed by atoms with Crippen molar-refractivity contribution < 1.29 is 17.4 Å². The lowest BCUT2D eigenvalue weighted by atomic mass is 9.84.